The topological polar surface area (TPSA) is 60.2 Å². The van der Waals surface area contributed by atoms with E-state index in [9.17, 15) is 4.79 Å². The number of carbonyl (C=O) groups is 1. The van der Waals surface area contributed by atoms with Crippen molar-refractivity contribution in [1.29, 1.82) is 0 Å². The molecule has 34 heavy (non-hydrogen) atoms. The summed E-state index contributed by atoms with van der Waals surface area (Å²) in [5, 5.41) is 4.74. The average Bonchev–Trinajstić information content (AvgIpc) is 3.26. The summed E-state index contributed by atoms with van der Waals surface area (Å²) in [5.41, 5.74) is 3.13. The first-order valence-electron chi connectivity index (χ1n) is 12.1. The van der Waals surface area contributed by atoms with Crippen LogP contribution in [0.1, 0.15) is 32.3 Å². The number of aromatic nitrogens is 3. The van der Waals surface area contributed by atoms with Gasteiger partial charge in [-0.05, 0) is 36.5 Å². The molecule has 0 saturated heterocycles. The second-order valence-corrected chi connectivity index (χ2v) is 9.29. The third-order valence-electron chi connectivity index (χ3n) is 6.03. The molecule has 0 saturated carbocycles. The Labute approximate surface area is 202 Å². The summed E-state index contributed by atoms with van der Waals surface area (Å²) in [5.74, 6) is 2.51. The van der Waals surface area contributed by atoms with Crippen molar-refractivity contribution in [2.75, 3.05) is 26.7 Å². The highest BCUT2D eigenvalue weighted by Crippen LogP contribution is 2.26. The smallest absolute Gasteiger partial charge is 0.181 e. The second kappa shape index (κ2) is 11.3. The molecular weight excluding hydrogens is 424 g/mol. The highest BCUT2D eigenvalue weighted by molar-refractivity contribution is 5.79. The summed E-state index contributed by atoms with van der Waals surface area (Å²) in [4.78, 5) is 19.9. The van der Waals surface area contributed by atoms with E-state index in [1.807, 2.05) is 24.3 Å². The van der Waals surface area contributed by atoms with Crippen LogP contribution in [0.5, 0.6) is 5.75 Å². The lowest BCUT2D eigenvalue weighted by Gasteiger charge is -2.22. The van der Waals surface area contributed by atoms with Gasteiger partial charge in [-0.1, -0.05) is 62.4 Å². The molecule has 0 amide bonds. The van der Waals surface area contributed by atoms with E-state index in [1.165, 1.54) is 5.56 Å². The van der Waals surface area contributed by atoms with E-state index >= 15 is 0 Å². The summed E-state index contributed by atoms with van der Waals surface area (Å²) < 4.78 is 7.12. The van der Waals surface area contributed by atoms with Gasteiger partial charge in [0.1, 0.15) is 12.3 Å². The van der Waals surface area contributed by atoms with Crippen LogP contribution in [0.15, 0.2) is 60.7 Å². The van der Waals surface area contributed by atoms with Crippen molar-refractivity contribution in [2.24, 2.45) is 5.92 Å². The van der Waals surface area contributed by atoms with Gasteiger partial charge in [-0.25, -0.2) is 9.67 Å². The fourth-order valence-electron chi connectivity index (χ4n) is 4.24. The van der Waals surface area contributed by atoms with Crippen LogP contribution in [0.4, 0.5) is 0 Å². The Morgan fingerprint density at radius 1 is 1.09 bits per heavy atom. The van der Waals surface area contributed by atoms with Crippen molar-refractivity contribution in [3.05, 3.63) is 66.2 Å². The maximum absolute atomic E-state index is 12.6. The molecule has 0 unspecified atom stereocenters. The molecule has 0 spiro atoms. The fraction of sp³-hybridized carbons (Fsp3) is 0.393. The molecule has 6 heteroatoms. The maximum Gasteiger partial charge on any atom is 0.181 e. The van der Waals surface area contributed by atoms with Gasteiger partial charge >= 0.3 is 0 Å². The molecule has 2 heterocycles. The summed E-state index contributed by atoms with van der Waals surface area (Å²) in [6.07, 6.45) is 7.19. The van der Waals surface area contributed by atoms with E-state index in [0.29, 0.717) is 24.0 Å². The molecule has 1 aliphatic heterocycles. The van der Waals surface area contributed by atoms with E-state index in [1.54, 1.807) is 11.8 Å². The van der Waals surface area contributed by atoms with Gasteiger partial charge in [-0.3, -0.25) is 9.69 Å². The molecule has 6 nitrogen and oxygen atoms in total. The largest absolute Gasteiger partial charge is 0.497 e. The number of rotatable bonds is 10. The van der Waals surface area contributed by atoms with E-state index in [4.69, 9.17) is 14.8 Å². The number of ether oxygens (including phenoxy) is 1. The number of benzene rings is 2. The molecule has 0 radical (unpaired) electrons. The van der Waals surface area contributed by atoms with Gasteiger partial charge in [0.05, 0.1) is 7.11 Å². The zero-order chi connectivity index (χ0) is 23.9. The van der Waals surface area contributed by atoms with Gasteiger partial charge < -0.3 is 4.74 Å². The van der Waals surface area contributed by atoms with Crippen molar-refractivity contribution in [3.63, 3.8) is 0 Å². The van der Waals surface area contributed by atoms with Gasteiger partial charge in [-0.15, -0.1) is 5.10 Å². The minimum atomic E-state index is 0.151. The van der Waals surface area contributed by atoms with Crippen molar-refractivity contribution < 1.29 is 9.53 Å². The third kappa shape index (κ3) is 6.20. The number of hydrogen-bond acceptors (Lipinski definition) is 5. The van der Waals surface area contributed by atoms with Crippen LogP contribution in [0.2, 0.25) is 0 Å². The highest BCUT2D eigenvalue weighted by Gasteiger charge is 2.17. The van der Waals surface area contributed by atoms with Gasteiger partial charge in [0.2, 0.25) is 0 Å². The van der Waals surface area contributed by atoms with Crippen LogP contribution in [0.25, 0.3) is 22.8 Å². The van der Waals surface area contributed by atoms with Crippen LogP contribution < -0.4 is 4.74 Å². The van der Waals surface area contributed by atoms with Gasteiger partial charge in [0.25, 0.3) is 0 Å². The Balaban J connectivity index is 1.56. The Hall–Kier alpha value is -3.25. The zero-order valence-corrected chi connectivity index (χ0v) is 20.4. The Bertz CT molecular complexity index is 1130. The number of carbonyl (C=O) groups excluding carboxylic acids is 1. The molecule has 0 fully saturated rings. The van der Waals surface area contributed by atoms with Gasteiger partial charge in [0, 0.05) is 37.2 Å². The van der Waals surface area contributed by atoms with Crippen molar-refractivity contribution in [2.45, 2.75) is 39.7 Å². The monoisotopic (exact) mass is 458 g/mol. The van der Waals surface area contributed by atoms with Gasteiger partial charge in [0.15, 0.2) is 17.4 Å². The third-order valence-corrected chi connectivity index (χ3v) is 6.03. The van der Waals surface area contributed by atoms with Crippen LogP contribution in [0, 0.1) is 5.92 Å². The minimum absolute atomic E-state index is 0.151. The van der Waals surface area contributed by atoms with Gasteiger partial charge in [-0.2, -0.15) is 0 Å². The molecule has 0 N–H and O–H groups in total. The van der Waals surface area contributed by atoms with Crippen molar-refractivity contribution in [3.8, 4) is 28.5 Å². The second-order valence-electron chi connectivity index (χ2n) is 9.29. The minimum Gasteiger partial charge on any atom is -0.497 e. The first-order chi connectivity index (χ1) is 16.5. The lowest BCUT2D eigenvalue weighted by molar-refractivity contribution is -0.120. The van der Waals surface area contributed by atoms with Crippen LogP contribution >= 0.6 is 0 Å². The van der Waals surface area contributed by atoms with Crippen molar-refractivity contribution in [1.82, 2.24) is 19.7 Å². The summed E-state index contributed by atoms with van der Waals surface area (Å²) >= 11 is 0. The maximum atomic E-state index is 12.6. The zero-order valence-electron chi connectivity index (χ0n) is 20.4. The SMILES string of the molecule is COc1cccc(-c2nc(-c3ccc(CCN4CC=CCC4)cc3)nn2CC(=O)CC(C)C)c1. The molecule has 2 aromatic carbocycles. The number of methoxy groups -OCH3 is 1. The van der Waals surface area contributed by atoms with E-state index in [0.717, 1.165) is 49.4 Å². The molecule has 0 atom stereocenters. The molecule has 1 aromatic heterocycles. The van der Waals surface area contributed by atoms with Crippen LogP contribution in [0.3, 0.4) is 0 Å². The van der Waals surface area contributed by atoms with E-state index in [-0.39, 0.29) is 12.3 Å². The molecule has 1 aliphatic rings. The van der Waals surface area contributed by atoms with Crippen LogP contribution in [-0.4, -0.2) is 52.2 Å². The van der Waals surface area contributed by atoms with E-state index < -0.39 is 0 Å². The fourth-order valence-corrected chi connectivity index (χ4v) is 4.24. The normalized spacial score (nSPS) is 14.0. The van der Waals surface area contributed by atoms with Crippen molar-refractivity contribution >= 4 is 5.78 Å². The lowest BCUT2D eigenvalue weighted by atomic mass is 10.1. The lowest BCUT2D eigenvalue weighted by Crippen LogP contribution is -2.29. The predicted molar refractivity (Wildman–Crippen MR) is 136 cm³/mol. The summed E-state index contributed by atoms with van der Waals surface area (Å²) in [6, 6.07) is 16.2. The summed E-state index contributed by atoms with van der Waals surface area (Å²) in [6.45, 7) is 7.56. The van der Waals surface area contributed by atoms with Crippen LogP contribution in [-0.2, 0) is 17.8 Å². The first kappa shape index (κ1) is 23.9. The standard InChI is InChI=1S/C28H34N4O2/c1-21(2)18-25(33)20-32-28(24-8-7-9-26(19-24)34-3)29-27(30-32)23-12-10-22(11-13-23)14-17-31-15-5-4-6-16-31/h4-5,7-13,19,21H,6,14-18,20H2,1-3H3. The average molecular weight is 459 g/mol. The molecule has 0 bridgehead atoms. The number of ketones is 1. The van der Waals surface area contributed by atoms with E-state index in [2.05, 4.69) is 55.2 Å². The molecule has 178 valence electrons. The molecule has 4 rings (SSSR count). The Morgan fingerprint density at radius 2 is 1.91 bits per heavy atom. The molecule has 0 aliphatic carbocycles. The Kier molecular flexibility index (Phi) is 7.91. The Morgan fingerprint density at radius 3 is 2.62 bits per heavy atom. The predicted octanol–water partition coefficient (Wildman–Crippen LogP) is 5.04. The molecule has 3 aromatic rings. The number of nitrogens with zero attached hydrogens (tertiary/aromatic N) is 4. The highest BCUT2D eigenvalue weighted by atomic mass is 16.5. The molecular formula is C28H34N4O2. The number of hydrogen-bond donors (Lipinski definition) is 0. The quantitative estimate of drug-likeness (QED) is 0.398. The first-order valence-corrected chi connectivity index (χ1v) is 12.1. The number of Topliss-reactive ketones (excluding diaryl/α,β-unsaturated/α-hetero) is 1. The summed E-state index contributed by atoms with van der Waals surface area (Å²) in [7, 11) is 1.64.